The molecular weight excluding hydrogens is 250 g/mol. The molecule has 0 aliphatic rings. The highest BCUT2D eigenvalue weighted by Crippen LogP contribution is 2.24. The first-order valence-corrected chi connectivity index (χ1v) is 7.41. The molecule has 0 radical (unpaired) electrons. The number of nitrogens with zero attached hydrogens (tertiary/aromatic N) is 4. The highest BCUT2D eigenvalue weighted by Gasteiger charge is 2.19. The molecule has 2 aromatic heterocycles. The van der Waals surface area contributed by atoms with Gasteiger partial charge >= 0.3 is 0 Å². The Hall–Kier alpha value is -1.62. The molecule has 1 atom stereocenters. The second kappa shape index (κ2) is 6.70. The van der Waals surface area contributed by atoms with Gasteiger partial charge in [0.05, 0.1) is 18.4 Å². The molecule has 0 aliphatic carbocycles. The zero-order valence-corrected chi connectivity index (χ0v) is 12.9. The van der Waals surface area contributed by atoms with Crippen LogP contribution in [0.15, 0.2) is 18.6 Å². The first-order chi connectivity index (χ1) is 9.67. The van der Waals surface area contributed by atoms with Crippen LogP contribution < -0.4 is 5.32 Å². The van der Waals surface area contributed by atoms with E-state index < -0.39 is 0 Å². The molecule has 0 aromatic carbocycles. The largest absolute Gasteiger partial charge is 0.306 e. The van der Waals surface area contributed by atoms with Crippen molar-refractivity contribution in [2.75, 3.05) is 6.54 Å². The summed E-state index contributed by atoms with van der Waals surface area (Å²) in [5.74, 6) is 0. The summed E-state index contributed by atoms with van der Waals surface area (Å²) >= 11 is 0. The smallest absolute Gasteiger partial charge is 0.0641 e. The summed E-state index contributed by atoms with van der Waals surface area (Å²) in [7, 11) is 1.98. The molecule has 0 spiro atoms. The van der Waals surface area contributed by atoms with Gasteiger partial charge in [0.2, 0.25) is 0 Å². The van der Waals surface area contributed by atoms with Crippen molar-refractivity contribution in [2.45, 2.75) is 46.2 Å². The third-order valence-electron chi connectivity index (χ3n) is 3.62. The fraction of sp³-hybridized carbons (Fsp3) is 0.600. The standard InChI is InChI=1S/C15H25N5/c1-5-7-16-15(14-10-17-19(4)12(14)3)13-9-18-20(11-13)8-6-2/h9-11,15-16H,5-8H2,1-4H3. The third-order valence-corrected chi connectivity index (χ3v) is 3.62. The highest BCUT2D eigenvalue weighted by molar-refractivity contribution is 5.30. The monoisotopic (exact) mass is 275 g/mol. The molecule has 2 rings (SSSR count). The van der Waals surface area contributed by atoms with E-state index >= 15 is 0 Å². The van der Waals surface area contributed by atoms with Crippen LogP contribution in [0.4, 0.5) is 0 Å². The SMILES string of the molecule is CCCNC(c1cnn(CCC)c1)c1cnn(C)c1C. The van der Waals surface area contributed by atoms with Crippen LogP contribution in [0.3, 0.4) is 0 Å². The molecule has 1 unspecified atom stereocenters. The Kier molecular flexibility index (Phi) is 4.95. The van der Waals surface area contributed by atoms with E-state index in [2.05, 4.69) is 42.5 Å². The van der Waals surface area contributed by atoms with Crippen molar-refractivity contribution in [3.05, 3.63) is 35.4 Å². The van der Waals surface area contributed by atoms with Gasteiger partial charge in [-0.25, -0.2) is 0 Å². The number of hydrogen-bond donors (Lipinski definition) is 1. The Morgan fingerprint density at radius 2 is 2.00 bits per heavy atom. The van der Waals surface area contributed by atoms with Gasteiger partial charge in [-0.1, -0.05) is 13.8 Å². The third kappa shape index (κ3) is 3.10. The van der Waals surface area contributed by atoms with E-state index in [0.717, 1.165) is 25.9 Å². The molecule has 5 heteroatoms. The molecule has 0 aliphatic heterocycles. The molecule has 0 saturated carbocycles. The van der Waals surface area contributed by atoms with Crippen LogP contribution >= 0.6 is 0 Å². The molecule has 0 amide bonds. The highest BCUT2D eigenvalue weighted by atomic mass is 15.3. The second-order valence-electron chi connectivity index (χ2n) is 5.23. The Balaban J connectivity index is 2.28. The maximum absolute atomic E-state index is 4.45. The van der Waals surface area contributed by atoms with Gasteiger partial charge in [-0.05, 0) is 26.3 Å². The van der Waals surface area contributed by atoms with E-state index in [-0.39, 0.29) is 6.04 Å². The predicted octanol–water partition coefficient (Wildman–Crippen LogP) is 2.42. The van der Waals surface area contributed by atoms with Crippen LogP contribution in [-0.4, -0.2) is 26.1 Å². The van der Waals surface area contributed by atoms with Crippen molar-refractivity contribution in [3.63, 3.8) is 0 Å². The van der Waals surface area contributed by atoms with Crippen molar-refractivity contribution in [1.82, 2.24) is 24.9 Å². The summed E-state index contributed by atoms with van der Waals surface area (Å²) in [5.41, 5.74) is 3.64. The summed E-state index contributed by atoms with van der Waals surface area (Å²) in [6, 6.07) is 0.175. The van der Waals surface area contributed by atoms with Crippen molar-refractivity contribution in [2.24, 2.45) is 7.05 Å². The Morgan fingerprint density at radius 3 is 2.60 bits per heavy atom. The predicted molar refractivity (Wildman–Crippen MR) is 80.6 cm³/mol. The van der Waals surface area contributed by atoms with E-state index in [0.29, 0.717) is 0 Å². The zero-order chi connectivity index (χ0) is 14.5. The van der Waals surface area contributed by atoms with Gasteiger partial charge in [0.25, 0.3) is 0 Å². The van der Waals surface area contributed by atoms with E-state index in [1.165, 1.54) is 16.8 Å². The van der Waals surface area contributed by atoms with Gasteiger partial charge < -0.3 is 5.32 Å². The lowest BCUT2D eigenvalue weighted by Crippen LogP contribution is -2.23. The van der Waals surface area contributed by atoms with Crippen LogP contribution in [0.25, 0.3) is 0 Å². The molecule has 110 valence electrons. The molecule has 2 heterocycles. The summed E-state index contributed by atoms with van der Waals surface area (Å²) in [4.78, 5) is 0. The number of hydrogen-bond acceptors (Lipinski definition) is 3. The topological polar surface area (TPSA) is 47.7 Å². The molecule has 0 bridgehead atoms. The van der Waals surface area contributed by atoms with Gasteiger partial charge in [0.15, 0.2) is 0 Å². The fourth-order valence-corrected chi connectivity index (χ4v) is 2.38. The minimum absolute atomic E-state index is 0.175. The quantitative estimate of drug-likeness (QED) is 0.844. The van der Waals surface area contributed by atoms with E-state index in [1.807, 2.05) is 28.8 Å². The molecular formula is C15H25N5. The van der Waals surface area contributed by atoms with Gasteiger partial charge in [-0.15, -0.1) is 0 Å². The van der Waals surface area contributed by atoms with Gasteiger partial charge in [-0.2, -0.15) is 10.2 Å². The molecule has 1 N–H and O–H groups in total. The lowest BCUT2D eigenvalue weighted by Gasteiger charge is -2.17. The normalized spacial score (nSPS) is 12.8. The summed E-state index contributed by atoms with van der Waals surface area (Å²) in [5, 5.41) is 12.4. The maximum Gasteiger partial charge on any atom is 0.0641 e. The Bertz CT molecular complexity index is 540. The second-order valence-corrected chi connectivity index (χ2v) is 5.23. The molecule has 2 aromatic rings. The number of aryl methyl sites for hydroxylation is 2. The molecule has 0 fully saturated rings. The van der Waals surface area contributed by atoms with Crippen LogP contribution in [0.1, 0.15) is 49.6 Å². The number of rotatable bonds is 7. The lowest BCUT2D eigenvalue weighted by molar-refractivity contribution is 0.585. The van der Waals surface area contributed by atoms with E-state index in [4.69, 9.17) is 0 Å². The first kappa shape index (κ1) is 14.8. The van der Waals surface area contributed by atoms with Gasteiger partial charge in [-0.3, -0.25) is 9.36 Å². The minimum atomic E-state index is 0.175. The Labute approximate surface area is 121 Å². The average molecular weight is 275 g/mol. The molecule has 20 heavy (non-hydrogen) atoms. The van der Waals surface area contributed by atoms with Crippen LogP contribution in [0.2, 0.25) is 0 Å². The van der Waals surface area contributed by atoms with Crippen molar-refractivity contribution in [1.29, 1.82) is 0 Å². The van der Waals surface area contributed by atoms with Crippen LogP contribution in [-0.2, 0) is 13.6 Å². The first-order valence-electron chi connectivity index (χ1n) is 7.41. The van der Waals surface area contributed by atoms with E-state index in [1.54, 1.807) is 0 Å². The number of nitrogens with one attached hydrogen (secondary N) is 1. The van der Waals surface area contributed by atoms with Gasteiger partial charge in [0, 0.05) is 36.6 Å². The fourth-order valence-electron chi connectivity index (χ4n) is 2.38. The van der Waals surface area contributed by atoms with Crippen LogP contribution in [0, 0.1) is 6.92 Å². The zero-order valence-electron chi connectivity index (χ0n) is 12.9. The van der Waals surface area contributed by atoms with Gasteiger partial charge in [0.1, 0.15) is 0 Å². The van der Waals surface area contributed by atoms with Crippen molar-refractivity contribution < 1.29 is 0 Å². The summed E-state index contributed by atoms with van der Waals surface area (Å²) in [6.07, 6.45) is 8.28. The van der Waals surface area contributed by atoms with Crippen molar-refractivity contribution >= 4 is 0 Å². The van der Waals surface area contributed by atoms with Crippen molar-refractivity contribution in [3.8, 4) is 0 Å². The summed E-state index contributed by atoms with van der Waals surface area (Å²) < 4.78 is 3.94. The number of aromatic nitrogens is 4. The lowest BCUT2D eigenvalue weighted by atomic mass is 10.0. The van der Waals surface area contributed by atoms with Crippen LogP contribution in [0.5, 0.6) is 0 Å². The maximum atomic E-state index is 4.45. The Morgan fingerprint density at radius 1 is 1.20 bits per heavy atom. The minimum Gasteiger partial charge on any atom is -0.306 e. The average Bonchev–Trinajstić information content (AvgIpc) is 3.02. The molecule has 5 nitrogen and oxygen atoms in total. The van der Waals surface area contributed by atoms with E-state index in [9.17, 15) is 0 Å². The molecule has 0 saturated heterocycles. The summed E-state index contributed by atoms with van der Waals surface area (Å²) in [6.45, 7) is 8.41.